The zero-order valence-electron chi connectivity index (χ0n) is 33.9. The first-order valence-corrected chi connectivity index (χ1v) is 22.9. The monoisotopic (exact) mass is 691 g/mol. The SMILES string of the molecule is CCCCCCCCCCCCCCCCCCCCCCCCCCCC(=O)OC(=O)CCCCCCCCCCCCCCCCC. The molecule has 0 radical (unpaired) electrons. The van der Waals surface area contributed by atoms with Crippen LogP contribution in [0.4, 0.5) is 0 Å². The van der Waals surface area contributed by atoms with Crippen LogP contribution in [0.2, 0.25) is 0 Å². The highest BCUT2D eigenvalue weighted by molar-refractivity contribution is 5.85. The van der Waals surface area contributed by atoms with Crippen LogP contribution in [-0.4, -0.2) is 11.9 Å². The van der Waals surface area contributed by atoms with E-state index in [4.69, 9.17) is 4.74 Å². The topological polar surface area (TPSA) is 43.4 Å². The summed E-state index contributed by atoms with van der Waals surface area (Å²) in [6.45, 7) is 4.58. The molecular weight excluding hydrogens is 601 g/mol. The molecule has 0 unspecified atom stereocenters. The van der Waals surface area contributed by atoms with Crippen LogP contribution in [0.15, 0.2) is 0 Å². The van der Waals surface area contributed by atoms with Gasteiger partial charge in [0.15, 0.2) is 0 Å². The summed E-state index contributed by atoms with van der Waals surface area (Å²) < 4.78 is 5.05. The highest BCUT2D eigenvalue weighted by Gasteiger charge is 2.10. The molecule has 0 spiro atoms. The summed E-state index contributed by atoms with van der Waals surface area (Å²) in [6.07, 6.45) is 54.9. The van der Waals surface area contributed by atoms with Crippen LogP contribution in [0.3, 0.4) is 0 Å². The van der Waals surface area contributed by atoms with Gasteiger partial charge in [0.25, 0.3) is 0 Å². The number of hydrogen-bond acceptors (Lipinski definition) is 3. The van der Waals surface area contributed by atoms with Gasteiger partial charge in [-0.1, -0.05) is 258 Å². The standard InChI is InChI=1S/C46H90O3/c1-3-5-7-9-11-13-15-17-19-20-21-22-23-24-25-26-27-28-30-32-34-36-38-40-42-44-46(48)49-45(47)43-41-39-37-35-33-31-29-18-16-14-12-10-8-6-4-2/h3-44H2,1-2H3. The van der Waals surface area contributed by atoms with Gasteiger partial charge in [0.1, 0.15) is 0 Å². The summed E-state index contributed by atoms with van der Waals surface area (Å²) in [5.41, 5.74) is 0. The van der Waals surface area contributed by atoms with Crippen molar-refractivity contribution in [1.82, 2.24) is 0 Å². The van der Waals surface area contributed by atoms with Gasteiger partial charge >= 0.3 is 11.9 Å². The molecule has 0 fully saturated rings. The highest BCUT2D eigenvalue weighted by atomic mass is 16.6. The first-order chi connectivity index (χ1) is 24.2. The fraction of sp³-hybridized carbons (Fsp3) is 0.957. The largest absolute Gasteiger partial charge is 0.393 e. The van der Waals surface area contributed by atoms with Crippen LogP contribution in [0.1, 0.15) is 284 Å². The van der Waals surface area contributed by atoms with Crippen LogP contribution in [0.5, 0.6) is 0 Å². The molecule has 0 rings (SSSR count). The van der Waals surface area contributed by atoms with Crippen molar-refractivity contribution >= 4 is 11.9 Å². The number of rotatable bonds is 42. The van der Waals surface area contributed by atoms with Crippen molar-refractivity contribution in [3.8, 4) is 0 Å². The van der Waals surface area contributed by atoms with E-state index < -0.39 is 0 Å². The molecule has 0 heterocycles. The molecular formula is C46H90O3. The maximum absolute atomic E-state index is 12.0. The number of ether oxygens (including phenoxy) is 1. The van der Waals surface area contributed by atoms with Gasteiger partial charge in [-0.05, 0) is 12.8 Å². The van der Waals surface area contributed by atoms with Gasteiger partial charge in [0.2, 0.25) is 0 Å². The number of carbonyl (C=O) groups is 2. The second kappa shape index (κ2) is 43.3. The van der Waals surface area contributed by atoms with E-state index in [1.54, 1.807) is 0 Å². The highest BCUT2D eigenvalue weighted by Crippen LogP contribution is 2.17. The Balaban J connectivity index is 3.23. The van der Waals surface area contributed by atoms with Gasteiger partial charge in [-0.15, -0.1) is 0 Å². The Labute approximate surface area is 309 Å². The number of carbonyl (C=O) groups excluding carboxylic acids is 2. The molecule has 292 valence electrons. The zero-order valence-corrected chi connectivity index (χ0v) is 33.9. The zero-order chi connectivity index (χ0) is 35.6. The van der Waals surface area contributed by atoms with Crippen LogP contribution >= 0.6 is 0 Å². The van der Waals surface area contributed by atoms with Crippen molar-refractivity contribution in [2.24, 2.45) is 0 Å². The summed E-state index contributed by atoms with van der Waals surface area (Å²) >= 11 is 0. The molecule has 0 atom stereocenters. The molecule has 0 bridgehead atoms. The Hall–Kier alpha value is -0.860. The molecule has 49 heavy (non-hydrogen) atoms. The summed E-state index contributed by atoms with van der Waals surface area (Å²) in [4.78, 5) is 24.0. The molecule has 3 heteroatoms. The van der Waals surface area contributed by atoms with Crippen molar-refractivity contribution < 1.29 is 14.3 Å². The molecule has 0 saturated carbocycles. The minimum atomic E-state index is -0.320. The van der Waals surface area contributed by atoms with Crippen LogP contribution in [0, 0.1) is 0 Å². The Bertz CT molecular complexity index is 644. The number of esters is 2. The smallest absolute Gasteiger partial charge is 0.313 e. The van der Waals surface area contributed by atoms with Crippen molar-refractivity contribution in [3.05, 3.63) is 0 Å². The average molecular weight is 691 g/mol. The first kappa shape index (κ1) is 48.1. The lowest BCUT2D eigenvalue weighted by molar-refractivity contribution is -0.159. The third-order valence-electron chi connectivity index (χ3n) is 10.7. The molecule has 0 aliphatic heterocycles. The Morgan fingerprint density at radius 1 is 0.245 bits per heavy atom. The second-order valence-corrected chi connectivity index (χ2v) is 15.8. The number of hydrogen-bond donors (Lipinski definition) is 0. The van der Waals surface area contributed by atoms with Gasteiger partial charge in [0, 0.05) is 12.8 Å². The van der Waals surface area contributed by atoms with E-state index in [1.807, 2.05) is 0 Å². The predicted molar refractivity (Wildman–Crippen MR) is 216 cm³/mol. The van der Waals surface area contributed by atoms with Gasteiger partial charge in [-0.25, -0.2) is 0 Å². The summed E-state index contributed by atoms with van der Waals surface area (Å²) in [6, 6.07) is 0. The Kier molecular flexibility index (Phi) is 42.5. The molecule has 0 aliphatic carbocycles. The van der Waals surface area contributed by atoms with E-state index in [1.165, 1.54) is 231 Å². The molecule has 0 aromatic rings. The maximum atomic E-state index is 12.0. The first-order valence-electron chi connectivity index (χ1n) is 22.9. The average Bonchev–Trinajstić information content (AvgIpc) is 3.10. The van der Waals surface area contributed by atoms with Crippen molar-refractivity contribution in [1.29, 1.82) is 0 Å². The molecule has 0 aromatic carbocycles. The number of unbranched alkanes of at least 4 members (excludes halogenated alkanes) is 38. The Morgan fingerprint density at radius 3 is 0.551 bits per heavy atom. The summed E-state index contributed by atoms with van der Waals surface area (Å²) in [5, 5.41) is 0. The van der Waals surface area contributed by atoms with Gasteiger partial charge in [-0.3, -0.25) is 9.59 Å². The fourth-order valence-corrected chi connectivity index (χ4v) is 7.28. The van der Waals surface area contributed by atoms with Crippen molar-refractivity contribution in [2.75, 3.05) is 0 Å². The van der Waals surface area contributed by atoms with E-state index in [-0.39, 0.29) is 11.9 Å². The lowest BCUT2D eigenvalue weighted by Crippen LogP contribution is -2.11. The summed E-state index contributed by atoms with van der Waals surface area (Å²) in [7, 11) is 0. The molecule has 0 saturated heterocycles. The van der Waals surface area contributed by atoms with Gasteiger partial charge in [-0.2, -0.15) is 0 Å². The van der Waals surface area contributed by atoms with E-state index in [9.17, 15) is 9.59 Å². The second-order valence-electron chi connectivity index (χ2n) is 15.8. The van der Waals surface area contributed by atoms with Crippen molar-refractivity contribution in [3.63, 3.8) is 0 Å². The third-order valence-corrected chi connectivity index (χ3v) is 10.7. The lowest BCUT2D eigenvalue weighted by atomic mass is 10.0. The minimum Gasteiger partial charge on any atom is -0.393 e. The van der Waals surface area contributed by atoms with E-state index in [2.05, 4.69) is 13.8 Å². The van der Waals surface area contributed by atoms with E-state index >= 15 is 0 Å². The molecule has 0 aromatic heterocycles. The lowest BCUT2D eigenvalue weighted by Gasteiger charge is -2.05. The van der Waals surface area contributed by atoms with Crippen molar-refractivity contribution in [2.45, 2.75) is 284 Å². The third kappa shape index (κ3) is 43.2. The molecule has 0 amide bonds. The quantitative estimate of drug-likeness (QED) is 0.0364. The van der Waals surface area contributed by atoms with Gasteiger partial charge in [0.05, 0.1) is 0 Å². The minimum absolute atomic E-state index is 0.319. The Morgan fingerprint density at radius 2 is 0.388 bits per heavy atom. The van der Waals surface area contributed by atoms with Gasteiger partial charge < -0.3 is 4.74 Å². The summed E-state index contributed by atoms with van der Waals surface area (Å²) in [5.74, 6) is -0.640. The molecule has 0 N–H and O–H groups in total. The van der Waals surface area contributed by atoms with Crippen LogP contribution in [0.25, 0.3) is 0 Å². The normalized spacial score (nSPS) is 11.4. The maximum Gasteiger partial charge on any atom is 0.313 e. The van der Waals surface area contributed by atoms with E-state index in [0.717, 1.165) is 25.7 Å². The van der Waals surface area contributed by atoms with Crippen LogP contribution < -0.4 is 0 Å². The molecule has 0 aliphatic rings. The van der Waals surface area contributed by atoms with E-state index in [0.29, 0.717) is 12.8 Å². The predicted octanol–water partition coefficient (Wildman–Crippen LogP) is 16.5. The molecule has 3 nitrogen and oxygen atoms in total. The van der Waals surface area contributed by atoms with Crippen LogP contribution in [-0.2, 0) is 14.3 Å². The fourth-order valence-electron chi connectivity index (χ4n) is 7.28.